The molecule has 1 saturated carbocycles. The van der Waals surface area contributed by atoms with Crippen molar-refractivity contribution in [2.75, 3.05) is 0 Å². The zero-order chi connectivity index (χ0) is 17.5. The zero-order valence-corrected chi connectivity index (χ0v) is 12.8. The second kappa shape index (κ2) is 5.77. The van der Waals surface area contributed by atoms with Gasteiger partial charge in [0.25, 0.3) is 11.6 Å². The minimum absolute atomic E-state index is 0.105. The fraction of sp³-hybridized carbons (Fsp3) is 0.500. The molecule has 2 aliphatic rings. The maximum Gasteiger partial charge on any atom is 0.439 e. The molecule has 1 amide bonds. The molecule has 0 saturated heterocycles. The van der Waals surface area contributed by atoms with E-state index >= 15 is 0 Å². The van der Waals surface area contributed by atoms with E-state index in [4.69, 9.17) is 0 Å². The molecule has 8 heteroatoms. The molecule has 1 aliphatic heterocycles. The standard InChI is InChI=1S/C16H17F3N2O3/c17-16(18,19)15(24)11-7-2-1-3-8-12(11)20-21(15)14(23)10-6-4-5-9-13(10)22/h4-6,9,11,22,24H,1-3,7-8H2/t11-,15+/m0/s1. The van der Waals surface area contributed by atoms with Gasteiger partial charge in [0, 0.05) is 5.71 Å². The van der Waals surface area contributed by atoms with Crippen LogP contribution in [0.5, 0.6) is 5.75 Å². The summed E-state index contributed by atoms with van der Waals surface area (Å²) in [6, 6.07) is 5.26. The van der Waals surface area contributed by atoms with Crippen molar-refractivity contribution in [2.45, 2.75) is 44.0 Å². The summed E-state index contributed by atoms with van der Waals surface area (Å²) in [6.07, 6.45) is -2.68. The molecule has 1 aromatic carbocycles. The maximum atomic E-state index is 13.7. The van der Waals surface area contributed by atoms with Crippen molar-refractivity contribution in [3.63, 3.8) is 0 Å². The number of hydrazone groups is 1. The average molecular weight is 342 g/mol. The van der Waals surface area contributed by atoms with E-state index in [1.807, 2.05) is 0 Å². The van der Waals surface area contributed by atoms with Gasteiger partial charge in [0.2, 0.25) is 0 Å². The molecule has 0 unspecified atom stereocenters. The normalized spacial score (nSPS) is 27.4. The number of alkyl halides is 3. The Bertz CT molecular complexity index is 689. The number of aromatic hydroxyl groups is 1. The number of benzene rings is 1. The molecule has 1 aliphatic carbocycles. The number of aliphatic hydroxyl groups is 1. The molecule has 1 aromatic rings. The van der Waals surface area contributed by atoms with Crippen molar-refractivity contribution < 1.29 is 28.2 Å². The van der Waals surface area contributed by atoms with Gasteiger partial charge in [-0.1, -0.05) is 25.0 Å². The van der Waals surface area contributed by atoms with E-state index in [0.29, 0.717) is 19.3 Å². The smallest absolute Gasteiger partial charge is 0.439 e. The fourth-order valence-corrected chi connectivity index (χ4v) is 3.36. The Morgan fingerprint density at radius 2 is 1.96 bits per heavy atom. The summed E-state index contributed by atoms with van der Waals surface area (Å²) in [5, 5.41) is 24.2. The zero-order valence-electron chi connectivity index (χ0n) is 12.8. The van der Waals surface area contributed by atoms with Crippen LogP contribution in [0.4, 0.5) is 13.2 Å². The molecular formula is C16H17F3N2O3. The first-order valence-electron chi connectivity index (χ1n) is 7.76. The van der Waals surface area contributed by atoms with Crippen LogP contribution in [0.25, 0.3) is 0 Å². The van der Waals surface area contributed by atoms with Crippen molar-refractivity contribution >= 4 is 11.6 Å². The number of carbonyl (C=O) groups excluding carboxylic acids is 1. The molecule has 24 heavy (non-hydrogen) atoms. The van der Waals surface area contributed by atoms with Gasteiger partial charge in [-0.05, 0) is 31.4 Å². The molecule has 130 valence electrons. The summed E-state index contributed by atoms with van der Waals surface area (Å²) < 4.78 is 41.1. The lowest BCUT2D eigenvalue weighted by Gasteiger charge is -2.37. The minimum atomic E-state index is -5.06. The van der Waals surface area contributed by atoms with E-state index in [1.165, 1.54) is 24.3 Å². The Morgan fingerprint density at radius 1 is 1.25 bits per heavy atom. The third-order valence-electron chi connectivity index (χ3n) is 4.61. The molecule has 1 fully saturated rings. The Kier molecular flexibility index (Phi) is 4.03. The largest absolute Gasteiger partial charge is 0.507 e. The van der Waals surface area contributed by atoms with Crippen LogP contribution in [0.2, 0.25) is 0 Å². The van der Waals surface area contributed by atoms with Crippen LogP contribution in [0.15, 0.2) is 29.4 Å². The number of phenols is 1. The Morgan fingerprint density at radius 3 is 2.62 bits per heavy atom. The van der Waals surface area contributed by atoms with Crippen LogP contribution in [0.3, 0.4) is 0 Å². The van der Waals surface area contributed by atoms with Crippen LogP contribution >= 0.6 is 0 Å². The van der Waals surface area contributed by atoms with Gasteiger partial charge < -0.3 is 10.2 Å². The van der Waals surface area contributed by atoms with Crippen molar-refractivity contribution in [1.82, 2.24) is 5.01 Å². The highest BCUT2D eigenvalue weighted by molar-refractivity contribution is 6.00. The van der Waals surface area contributed by atoms with E-state index in [2.05, 4.69) is 5.10 Å². The number of hydrogen-bond donors (Lipinski definition) is 2. The van der Waals surface area contributed by atoms with Gasteiger partial charge in [0.05, 0.1) is 11.5 Å². The quantitative estimate of drug-likeness (QED) is 0.824. The highest BCUT2D eigenvalue weighted by Gasteiger charge is 2.68. The summed E-state index contributed by atoms with van der Waals surface area (Å²) in [7, 11) is 0. The number of rotatable bonds is 1. The first-order chi connectivity index (χ1) is 11.3. The number of halogens is 3. The fourth-order valence-electron chi connectivity index (χ4n) is 3.36. The summed E-state index contributed by atoms with van der Waals surface area (Å²) >= 11 is 0. The van der Waals surface area contributed by atoms with Gasteiger partial charge in [-0.3, -0.25) is 4.79 Å². The molecule has 1 heterocycles. The van der Waals surface area contributed by atoms with E-state index in [0.717, 1.165) is 6.42 Å². The molecule has 2 atom stereocenters. The van der Waals surface area contributed by atoms with Gasteiger partial charge in [-0.15, -0.1) is 0 Å². The molecule has 0 spiro atoms. The number of fused-ring (bicyclic) bond motifs is 1. The summed E-state index contributed by atoms with van der Waals surface area (Å²) in [5.74, 6) is -2.90. The van der Waals surface area contributed by atoms with Gasteiger partial charge in [-0.25, -0.2) is 0 Å². The number of phenolic OH excluding ortho intramolecular Hbond substituents is 1. The molecule has 0 aromatic heterocycles. The second-order valence-corrected chi connectivity index (χ2v) is 6.10. The first-order valence-corrected chi connectivity index (χ1v) is 7.76. The highest BCUT2D eigenvalue weighted by Crippen LogP contribution is 2.48. The van der Waals surface area contributed by atoms with Crippen LogP contribution in [-0.2, 0) is 0 Å². The van der Waals surface area contributed by atoms with Crippen LogP contribution in [0, 0.1) is 5.92 Å². The molecular weight excluding hydrogens is 325 g/mol. The number of para-hydroxylation sites is 1. The molecule has 5 nitrogen and oxygen atoms in total. The SMILES string of the molecule is O=C(c1ccccc1O)N1N=C2CCCCC[C@@H]2[C@@]1(O)C(F)(F)F. The van der Waals surface area contributed by atoms with E-state index < -0.39 is 29.5 Å². The Balaban J connectivity index is 2.07. The number of nitrogens with zero attached hydrogens (tertiary/aromatic N) is 2. The van der Waals surface area contributed by atoms with Crippen molar-refractivity contribution in [3.05, 3.63) is 29.8 Å². The van der Waals surface area contributed by atoms with Gasteiger partial charge in [0.1, 0.15) is 5.75 Å². The number of amides is 1. The highest BCUT2D eigenvalue weighted by atomic mass is 19.4. The van der Waals surface area contributed by atoms with Crippen molar-refractivity contribution in [2.24, 2.45) is 11.0 Å². The number of carbonyl (C=O) groups is 1. The summed E-state index contributed by atoms with van der Waals surface area (Å²) in [6.45, 7) is 0. The van der Waals surface area contributed by atoms with Crippen LogP contribution in [-0.4, -0.2) is 38.7 Å². The lowest BCUT2D eigenvalue weighted by Crippen LogP contribution is -2.61. The summed E-state index contributed by atoms with van der Waals surface area (Å²) in [4.78, 5) is 12.6. The molecule has 0 radical (unpaired) electrons. The van der Waals surface area contributed by atoms with Crippen LogP contribution < -0.4 is 0 Å². The average Bonchev–Trinajstić information content (AvgIpc) is 2.68. The first kappa shape index (κ1) is 16.8. The summed E-state index contributed by atoms with van der Waals surface area (Å²) in [5.41, 5.74) is -3.52. The topological polar surface area (TPSA) is 73.1 Å². The third kappa shape index (κ3) is 2.45. The predicted molar refractivity (Wildman–Crippen MR) is 79.3 cm³/mol. The third-order valence-corrected chi connectivity index (χ3v) is 4.61. The monoisotopic (exact) mass is 342 g/mol. The minimum Gasteiger partial charge on any atom is -0.507 e. The van der Waals surface area contributed by atoms with E-state index in [9.17, 15) is 28.2 Å². The van der Waals surface area contributed by atoms with Gasteiger partial charge in [-0.2, -0.15) is 23.3 Å². The predicted octanol–water partition coefficient (Wildman–Crippen LogP) is 3.04. The Hall–Kier alpha value is -2.09. The van der Waals surface area contributed by atoms with Crippen LogP contribution in [0.1, 0.15) is 42.5 Å². The Labute approximate surface area is 136 Å². The lowest BCUT2D eigenvalue weighted by atomic mass is 9.87. The second-order valence-electron chi connectivity index (χ2n) is 6.10. The molecule has 3 rings (SSSR count). The molecule has 2 N–H and O–H groups in total. The van der Waals surface area contributed by atoms with Gasteiger partial charge in [0.15, 0.2) is 0 Å². The van der Waals surface area contributed by atoms with Crippen molar-refractivity contribution in [1.29, 1.82) is 0 Å². The van der Waals surface area contributed by atoms with Crippen molar-refractivity contribution in [3.8, 4) is 5.75 Å². The lowest BCUT2D eigenvalue weighted by molar-refractivity contribution is -0.312. The molecule has 0 bridgehead atoms. The maximum absolute atomic E-state index is 13.7. The number of hydrogen-bond acceptors (Lipinski definition) is 4. The van der Waals surface area contributed by atoms with Gasteiger partial charge >= 0.3 is 6.18 Å². The van der Waals surface area contributed by atoms with E-state index in [1.54, 1.807) is 0 Å². The van der Waals surface area contributed by atoms with E-state index in [-0.39, 0.29) is 22.7 Å².